The largest absolute Gasteiger partial charge is 0.469 e. The Morgan fingerprint density at radius 1 is 0.897 bits per heavy atom. The Morgan fingerprint density at radius 2 is 1.72 bits per heavy atom. The van der Waals surface area contributed by atoms with Crippen LogP contribution in [0.25, 0.3) is 0 Å². The fourth-order valence-corrected chi connectivity index (χ4v) is 4.41. The second-order valence-electron chi connectivity index (χ2n) is 8.02. The molecule has 0 aliphatic carbocycles. The Bertz CT molecular complexity index is 487. The Morgan fingerprint density at radius 3 is 2.55 bits per heavy atom. The quantitative estimate of drug-likeness (QED) is 0.338. The number of fused-ring (bicyclic) bond motifs is 1. The molecule has 168 valence electrons. The zero-order valence-corrected chi connectivity index (χ0v) is 17.7. The van der Waals surface area contributed by atoms with Gasteiger partial charge in [-0.3, -0.25) is 4.79 Å². The smallest absolute Gasteiger partial charge is 0.308 e. The molecule has 3 aliphatic heterocycles. The van der Waals surface area contributed by atoms with Crippen molar-refractivity contribution < 1.29 is 38.0 Å². The summed E-state index contributed by atoms with van der Waals surface area (Å²) < 4.78 is 40.3. The molecule has 3 aliphatic rings. The molecule has 0 unspecified atom stereocenters. The van der Waals surface area contributed by atoms with Crippen molar-refractivity contribution >= 4 is 5.97 Å². The molecule has 6 atom stereocenters. The molecule has 0 amide bonds. The summed E-state index contributed by atoms with van der Waals surface area (Å²) in [5, 5.41) is 0. The molecule has 3 saturated heterocycles. The summed E-state index contributed by atoms with van der Waals surface area (Å²) in [6.07, 6.45) is 5.97. The van der Waals surface area contributed by atoms with Gasteiger partial charge in [0.05, 0.1) is 50.7 Å². The van der Waals surface area contributed by atoms with Crippen LogP contribution < -0.4 is 0 Å². The molecule has 8 heteroatoms. The highest BCUT2D eigenvalue weighted by molar-refractivity contribution is 5.69. The highest BCUT2D eigenvalue weighted by Crippen LogP contribution is 2.32. The molecule has 8 nitrogen and oxygen atoms in total. The van der Waals surface area contributed by atoms with Crippen LogP contribution in [-0.2, 0) is 38.0 Å². The number of methoxy groups -OCH3 is 2. The lowest BCUT2D eigenvalue weighted by molar-refractivity contribution is -0.181. The van der Waals surface area contributed by atoms with E-state index in [9.17, 15) is 4.79 Å². The fourth-order valence-electron chi connectivity index (χ4n) is 4.41. The van der Waals surface area contributed by atoms with Gasteiger partial charge in [-0.25, -0.2) is 0 Å². The van der Waals surface area contributed by atoms with Crippen molar-refractivity contribution in [1.82, 2.24) is 0 Å². The van der Waals surface area contributed by atoms with E-state index in [-0.39, 0.29) is 55.8 Å². The molecule has 0 bridgehead atoms. The summed E-state index contributed by atoms with van der Waals surface area (Å²) in [5.41, 5.74) is 0. The van der Waals surface area contributed by atoms with Crippen LogP contribution in [-0.4, -0.2) is 83.4 Å². The van der Waals surface area contributed by atoms with Gasteiger partial charge >= 0.3 is 5.97 Å². The predicted molar refractivity (Wildman–Crippen MR) is 104 cm³/mol. The number of carbonyl (C=O) groups is 1. The zero-order chi connectivity index (χ0) is 20.5. The van der Waals surface area contributed by atoms with Gasteiger partial charge in [-0.15, -0.1) is 0 Å². The minimum absolute atomic E-state index is 0.0122. The van der Waals surface area contributed by atoms with Crippen LogP contribution in [0.15, 0.2) is 0 Å². The van der Waals surface area contributed by atoms with Crippen LogP contribution in [0.4, 0.5) is 0 Å². The number of hydrogen-bond donors (Lipinski definition) is 0. The summed E-state index contributed by atoms with van der Waals surface area (Å²) in [5.74, 6) is -0.282. The molecule has 3 fully saturated rings. The van der Waals surface area contributed by atoms with Crippen LogP contribution in [0.5, 0.6) is 0 Å². The first-order valence-corrected chi connectivity index (χ1v) is 10.9. The Balaban J connectivity index is 1.68. The number of carbonyl (C=O) groups excluding carboxylic acids is 1. The third-order valence-electron chi connectivity index (χ3n) is 5.94. The minimum atomic E-state index is -0.344. The predicted octanol–water partition coefficient (Wildman–Crippen LogP) is 2.22. The average molecular weight is 417 g/mol. The molecule has 3 heterocycles. The lowest BCUT2D eigenvalue weighted by atomic mass is 10.00. The number of hydrogen-bond acceptors (Lipinski definition) is 8. The first-order chi connectivity index (χ1) is 14.2. The number of esters is 1. The fraction of sp³-hybridized carbons (Fsp3) is 0.952. The molecular weight excluding hydrogens is 380 g/mol. The van der Waals surface area contributed by atoms with E-state index in [1.54, 1.807) is 7.11 Å². The van der Waals surface area contributed by atoms with Gasteiger partial charge in [-0.05, 0) is 44.9 Å². The highest BCUT2D eigenvalue weighted by Gasteiger charge is 2.40. The average Bonchev–Trinajstić information content (AvgIpc) is 3.05. The molecule has 3 rings (SSSR count). The maximum absolute atomic E-state index is 12.0. The highest BCUT2D eigenvalue weighted by atomic mass is 16.7. The second-order valence-corrected chi connectivity index (χ2v) is 8.02. The molecule has 0 saturated carbocycles. The lowest BCUT2D eigenvalue weighted by Crippen LogP contribution is -2.43. The summed E-state index contributed by atoms with van der Waals surface area (Å²) in [4.78, 5) is 12.0. The van der Waals surface area contributed by atoms with Crippen molar-refractivity contribution in [3.8, 4) is 0 Å². The molecule has 0 radical (unpaired) electrons. The van der Waals surface area contributed by atoms with Gasteiger partial charge in [0.2, 0.25) is 0 Å². The van der Waals surface area contributed by atoms with Gasteiger partial charge in [0.15, 0.2) is 0 Å². The maximum atomic E-state index is 12.0. The van der Waals surface area contributed by atoms with E-state index in [0.29, 0.717) is 13.2 Å². The minimum Gasteiger partial charge on any atom is -0.469 e. The molecular formula is C21H36O8. The normalized spacial score (nSPS) is 35.9. The molecule has 0 aromatic heterocycles. The van der Waals surface area contributed by atoms with Crippen LogP contribution >= 0.6 is 0 Å². The number of rotatable bonds is 8. The van der Waals surface area contributed by atoms with E-state index in [2.05, 4.69) is 0 Å². The summed E-state index contributed by atoms with van der Waals surface area (Å²) in [6.45, 7) is 2.12. The van der Waals surface area contributed by atoms with Gasteiger partial charge in [0.25, 0.3) is 0 Å². The summed E-state index contributed by atoms with van der Waals surface area (Å²) in [6, 6.07) is 0. The maximum Gasteiger partial charge on any atom is 0.308 e. The molecule has 0 aromatic carbocycles. The molecule has 0 spiro atoms. The van der Waals surface area contributed by atoms with Gasteiger partial charge < -0.3 is 33.2 Å². The van der Waals surface area contributed by atoms with E-state index >= 15 is 0 Å². The first-order valence-electron chi connectivity index (χ1n) is 10.9. The van der Waals surface area contributed by atoms with Gasteiger partial charge in [0, 0.05) is 20.3 Å². The Labute approximate surface area is 173 Å². The van der Waals surface area contributed by atoms with E-state index in [0.717, 1.165) is 51.6 Å². The third kappa shape index (κ3) is 6.87. The Kier molecular flexibility index (Phi) is 9.61. The van der Waals surface area contributed by atoms with Crippen molar-refractivity contribution in [2.24, 2.45) is 0 Å². The van der Waals surface area contributed by atoms with Crippen molar-refractivity contribution in [2.45, 2.75) is 88.0 Å². The van der Waals surface area contributed by atoms with E-state index in [1.165, 1.54) is 7.11 Å². The van der Waals surface area contributed by atoms with E-state index in [4.69, 9.17) is 33.2 Å². The zero-order valence-electron chi connectivity index (χ0n) is 17.7. The molecule has 0 aromatic rings. The van der Waals surface area contributed by atoms with E-state index < -0.39 is 0 Å². The van der Waals surface area contributed by atoms with Crippen LogP contribution in [0.3, 0.4) is 0 Å². The second kappa shape index (κ2) is 12.2. The van der Waals surface area contributed by atoms with E-state index in [1.807, 2.05) is 0 Å². The standard InChI is InChI=1S/C21H36O8/c1-23-14-25-13-20-17(6-3-4-10-27-20)28-18-9-8-15-16(7-5-11-26-15)29-19(18)12-21(22)24-2/h15-20H,3-14H2,1-2H3/t15-,16+,17-,18+,19-,20+/m0/s1. The van der Waals surface area contributed by atoms with Crippen LogP contribution in [0.2, 0.25) is 0 Å². The van der Waals surface area contributed by atoms with Gasteiger partial charge in [-0.2, -0.15) is 0 Å². The summed E-state index contributed by atoms with van der Waals surface area (Å²) >= 11 is 0. The topological polar surface area (TPSA) is 81.7 Å². The van der Waals surface area contributed by atoms with Gasteiger partial charge in [-0.1, -0.05) is 0 Å². The van der Waals surface area contributed by atoms with Crippen molar-refractivity contribution in [2.75, 3.05) is 40.8 Å². The number of ether oxygens (including phenoxy) is 7. The Hall–Kier alpha value is -0.770. The monoisotopic (exact) mass is 416 g/mol. The molecule has 29 heavy (non-hydrogen) atoms. The van der Waals surface area contributed by atoms with Crippen molar-refractivity contribution in [3.05, 3.63) is 0 Å². The van der Waals surface area contributed by atoms with Crippen molar-refractivity contribution in [3.63, 3.8) is 0 Å². The molecule has 0 N–H and O–H groups in total. The summed E-state index contributed by atoms with van der Waals surface area (Å²) in [7, 11) is 3.01. The van der Waals surface area contributed by atoms with Crippen LogP contribution in [0, 0.1) is 0 Å². The lowest BCUT2D eigenvalue weighted by Gasteiger charge is -2.34. The van der Waals surface area contributed by atoms with Crippen LogP contribution in [0.1, 0.15) is 51.4 Å². The van der Waals surface area contributed by atoms with Crippen molar-refractivity contribution in [1.29, 1.82) is 0 Å². The SMILES string of the molecule is COCOC[C@H]1OCCCC[C@@H]1O[C@@H]1CC[C@@H]2OCCC[C@H]2O[C@H]1CC(=O)OC. The third-order valence-corrected chi connectivity index (χ3v) is 5.94. The van der Waals surface area contributed by atoms with Gasteiger partial charge in [0.1, 0.15) is 12.9 Å². The first kappa shape index (κ1) is 22.9.